The first-order chi connectivity index (χ1) is 17.2. The Labute approximate surface area is 217 Å². The molecule has 1 atom stereocenters. The average Bonchev–Trinajstić information content (AvgIpc) is 3.24. The first-order valence-electron chi connectivity index (χ1n) is 12.4. The monoisotopic (exact) mass is 505 g/mol. The van der Waals surface area contributed by atoms with E-state index in [0.717, 1.165) is 29.7 Å². The van der Waals surface area contributed by atoms with Crippen molar-refractivity contribution in [3.8, 4) is 5.75 Å². The molecule has 1 aromatic heterocycles. The number of primary amides is 1. The number of aromatic nitrogens is 3. The van der Waals surface area contributed by atoms with Crippen molar-refractivity contribution >= 4 is 23.6 Å². The molecule has 2 aromatic carbocycles. The molecule has 1 amide bonds. The number of amides is 1. The summed E-state index contributed by atoms with van der Waals surface area (Å²) in [6.07, 6.45) is 2.19. The van der Waals surface area contributed by atoms with Gasteiger partial charge in [-0.05, 0) is 36.0 Å². The minimum atomic E-state index is -0.536. The van der Waals surface area contributed by atoms with E-state index in [1.165, 1.54) is 5.56 Å². The largest absolute Gasteiger partial charge is 0.489 e. The molecule has 36 heavy (non-hydrogen) atoms. The van der Waals surface area contributed by atoms with Gasteiger partial charge >= 0.3 is 0 Å². The van der Waals surface area contributed by atoms with Crippen LogP contribution in [0.4, 0.5) is 5.95 Å². The number of allylic oxidation sites excluding steroid dienone is 1. The second-order valence-electron chi connectivity index (χ2n) is 10.1. The highest BCUT2D eigenvalue weighted by molar-refractivity contribution is 7.99. The summed E-state index contributed by atoms with van der Waals surface area (Å²) in [4.78, 5) is 17.3. The number of carbonyl (C=O) groups is 1. The highest BCUT2D eigenvalue weighted by Gasteiger charge is 2.35. The van der Waals surface area contributed by atoms with Gasteiger partial charge in [0.1, 0.15) is 18.4 Å². The predicted molar refractivity (Wildman–Crippen MR) is 145 cm³/mol. The van der Waals surface area contributed by atoms with Crippen molar-refractivity contribution in [2.24, 2.45) is 5.73 Å². The molecular weight excluding hydrogens is 470 g/mol. The van der Waals surface area contributed by atoms with Crippen molar-refractivity contribution in [3.63, 3.8) is 0 Å². The van der Waals surface area contributed by atoms with E-state index in [0.29, 0.717) is 34.7 Å². The molecule has 4 rings (SSSR count). The maximum absolute atomic E-state index is 12.6. The maximum atomic E-state index is 12.6. The van der Waals surface area contributed by atoms with Crippen LogP contribution in [0.15, 0.2) is 65.0 Å². The van der Waals surface area contributed by atoms with Crippen LogP contribution in [0.25, 0.3) is 0 Å². The van der Waals surface area contributed by atoms with Crippen LogP contribution in [0, 0.1) is 0 Å². The molecule has 0 bridgehead atoms. The van der Waals surface area contributed by atoms with E-state index in [1.807, 2.05) is 31.2 Å². The standard InChI is InChI=1S/C28H35N5O2S/c1-6-7-16-36-27-31-26-30-18(2)23(25(29)34)24(33(26)32-27)21-10-8-9-11-22(21)35-17-19-12-14-20(15-13-19)28(3,4)5/h8-15,24H,6-7,16-17H2,1-5H3,(H2,29,34)(H,30,31,32). The van der Waals surface area contributed by atoms with Gasteiger partial charge in [-0.3, -0.25) is 4.79 Å². The van der Waals surface area contributed by atoms with Gasteiger partial charge in [0.2, 0.25) is 17.0 Å². The van der Waals surface area contributed by atoms with E-state index >= 15 is 0 Å². The van der Waals surface area contributed by atoms with Crippen LogP contribution >= 0.6 is 11.8 Å². The SMILES string of the molecule is CCCCSc1nc2n(n1)C(c1ccccc1OCc1ccc(C(C)(C)C)cc1)C(C(N)=O)=C(C)N2. The van der Waals surface area contributed by atoms with Crippen LogP contribution in [0.1, 0.15) is 70.2 Å². The van der Waals surface area contributed by atoms with Crippen molar-refractivity contribution in [1.82, 2.24) is 14.8 Å². The Bertz CT molecular complexity index is 1260. The van der Waals surface area contributed by atoms with Crippen LogP contribution in [-0.4, -0.2) is 26.4 Å². The fraction of sp³-hybridized carbons (Fsp3) is 0.393. The molecule has 0 saturated heterocycles. The van der Waals surface area contributed by atoms with E-state index in [9.17, 15) is 4.79 Å². The van der Waals surface area contributed by atoms with E-state index in [2.05, 4.69) is 62.3 Å². The van der Waals surface area contributed by atoms with Crippen LogP contribution in [0.2, 0.25) is 0 Å². The topological polar surface area (TPSA) is 95.1 Å². The second kappa shape index (κ2) is 10.8. The van der Waals surface area contributed by atoms with Gasteiger partial charge in [-0.15, -0.1) is 5.10 Å². The number of nitrogens with two attached hydrogens (primary N) is 1. The van der Waals surface area contributed by atoms with E-state index in [1.54, 1.807) is 16.4 Å². The van der Waals surface area contributed by atoms with Crippen LogP contribution in [0.5, 0.6) is 5.75 Å². The van der Waals surface area contributed by atoms with Gasteiger partial charge in [0, 0.05) is 17.0 Å². The van der Waals surface area contributed by atoms with Crippen molar-refractivity contribution in [2.45, 2.75) is 70.7 Å². The smallest absolute Gasteiger partial charge is 0.248 e. The zero-order chi connectivity index (χ0) is 25.9. The van der Waals surface area contributed by atoms with Crippen LogP contribution in [-0.2, 0) is 16.8 Å². The van der Waals surface area contributed by atoms with Gasteiger partial charge in [0.05, 0.1) is 5.57 Å². The number of thioether (sulfide) groups is 1. The number of unbranched alkanes of at least 4 members (excludes halogenated alkanes) is 1. The van der Waals surface area contributed by atoms with Gasteiger partial charge in [0.15, 0.2) is 0 Å². The third kappa shape index (κ3) is 5.59. The summed E-state index contributed by atoms with van der Waals surface area (Å²) >= 11 is 1.61. The Kier molecular flexibility index (Phi) is 7.73. The molecule has 190 valence electrons. The molecule has 7 nitrogen and oxygen atoms in total. The molecule has 2 heterocycles. The summed E-state index contributed by atoms with van der Waals surface area (Å²) in [5.41, 5.74) is 10.2. The average molecular weight is 506 g/mol. The number of rotatable bonds is 9. The highest BCUT2D eigenvalue weighted by atomic mass is 32.2. The second-order valence-corrected chi connectivity index (χ2v) is 11.1. The first kappa shape index (κ1) is 25.8. The summed E-state index contributed by atoms with van der Waals surface area (Å²) in [5, 5.41) is 8.63. The molecule has 0 radical (unpaired) electrons. The molecular formula is C28H35N5O2S. The molecule has 0 spiro atoms. The number of anilines is 1. The fourth-order valence-corrected chi connectivity index (χ4v) is 5.12. The minimum Gasteiger partial charge on any atom is -0.489 e. The number of nitrogens with zero attached hydrogens (tertiary/aromatic N) is 3. The molecule has 3 N–H and O–H groups in total. The molecule has 0 fully saturated rings. The zero-order valence-corrected chi connectivity index (χ0v) is 22.5. The predicted octanol–water partition coefficient (Wildman–Crippen LogP) is 5.82. The molecule has 1 unspecified atom stereocenters. The number of nitrogens with one attached hydrogen (secondary N) is 1. The number of hydrogen-bond acceptors (Lipinski definition) is 6. The van der Waals surface area contributed by atoms with Crippen molar-refractivity contribution in [2.75, 3.05) is 11.1 Å². The van der Waals surface area contributed by atoms with Gasteiger partial charge in [-0.2, -0.15) is 4.98 Å². The lowest BCUT2D eigenvalue weighted by Crippen LogP contribution is -2.32. The quantitative estimate of drug-likeness (QED) is 0.281. The summed E-state index contributed by atoms with van der Waals surface area (Å²) in [6, 6.07) is 15.7. The minimum absolute atomic E-state index is 0.0968. The number of benzene rings is 2. The molecule has 0 saturated carbocycles. The number of fused-ring (bicyclic) bond motifs is 1. The van der Waals surface area contributed by atoms with Crippen LogP contribution in [0.3, 0.4) is 0 Å². The normalized spacial score (nSPS) is 15.4. The van der Waals surface area contributed by atoms with Crippen LogP contribution < -0.4 is 15.8 Å². The van der Waals surface area contributed by atoms with Gasteiger partial charge in [-0.1, -0.05) is 88.3 Å². The lowest BCUT2D eigenvalue weighted by atomic mass is 9.87. The van der Waals surface area contributed by atoms with Gasteiger partial charge in [0.25, 0.3) is 0 Å². The molecule has 1 aliphatic rings. The van der Waals surface area contributed by atoms with Gasteiger partial charge in [-0.25, -0.2) is 4.68 Å². The summed E-state index contributed by atoms with van der Waals surface area (Å²) in [7, 11) is 0. The van der Waals surface area contributed by atoms with Crippen molar-refractivity contribution < 1.29 is 9.53 Å². The number of para-hydroxylation sites is 1. The maximum Gasteiger partial charge on any atom is 0.248 e. The molecule has 1 aliphatic heterocycles. The van der Waals surface area contributed by atoms with Crippen molar-refractivity contribution in [3.05, 3.63) is 76.5 Å². The summed E-state index contributed by atoms with van der Waals surface area (Å²) in [5.74, 6) is 1.71. The Morgan fingerprint density at radius 3 is 2.56 bits per heavy atom. The first-order valence-corrected chi connectivity index (χ1v) is 13.4. The Morgan fingerprint density at radius 2 is 1.89 bits per heavy atom. The number of carbonyl (C=O) groups excluding carboxylic acids is 1. The number of ether oxygens (including phenoxy) is 1. The molecule has 3 aromatic rings. The fourth-order valence-electron chi connectivity index (χ4n) is 4.21. The molecule has 0 aliphatic carbocycles. The molecule has 8 heteroatoms. The lowest BCUT2D eigenvalue weighted by molar-refractivity contribution is -0.115. The Morgan fingerprint density at radius 1 is 1.17 bits per heavy atom. The van der Waals surface area contributed by atoms with Crippen molar-refractivity contribution in [1.29, 1.82) is 0 Å². The summed E-state index contributed by atoms with van der Waals surface area (Å²) in [6.45, 7) is 11.0. The lowest BCUT2D eigenvalue weighted by Gasteiger charge is -2.28. The van der Waals surface area contributed by atoms with E-state index in [-0.39, 0.29) is 5.41 Å². The zero-order valence-electron chi connectivity index (χ0n) is 21.7. The summed E-state index contributed by atoms with van der Waals surface area (Å²) < 4.78 is 8.06. The van der Waals surface area contributed by atoms with E-state index in [4.69, 9.17) is 15.6 Å². The number of hydrogen-bond donors (Lipinski definition) is 2. The Balaban J connectivity index is 1.66. The highest BCUT2D eigenvalue weighted by Crippen LogP contribution is 2.39. The third-order valence-corrected chi connectivity index (χ3v) is 7.18. The third-order valence-electron chi connectivity index (χ3n) is 6.26. The van der Waals surface area contributed by atoms with E-state index < -0.39 is 11.9 Å². The van der Waals surface area contributed by atoms with Gasteiger partial charge < -0.3 is 15.8 Å². The Hall–Kier alpha value is -3.26.